The molecule has 1 heterocycles. The lowest BCUT2D eigenvalue weighted by atomic mass is 9.89. The third kappa shape index (κ3) is 4.81. The largest absolute Gasteiger partial charge is 0.385 e. The van der Waals surface area contributed by atoms with Crippen LogP contribution in [0.25, 0.3) is 0 Å². The first-order valence-electron chi connectivity index (χ1n) is 6.32. The second kappa shape index (κ2) is 6.81. The molecule has 1 aliphatic rings. The maximum atomic E-state index is 12.0. The van der Waals surface area contributed by atoms with Crippen LogP contribution in [-0.2, 0) is 14.8 Å². The molecule has 0 saturated carbocycles. The predicted molar refractivity (Wildman–Crippen MR) is 71.9 cm³/mol. The van der Waals surface area contributed by atoms with E-state index in [1.54, 1.807) is 7.11 Å². The molecule has 0 radical (unpaired) electrons. The Morgan fingerprint density at radius 1 is 1.39 bits per heavy atom. The van der Waals surface area contributed by atoms with E-state index in [4.69, 9.17) is 10.5 Å². The summed E-state index contributed by atoms with van der Waals surface area (Å²) in [7, 11) is 0.333. The van der Waals surface area contributed by atoms with Gasteiger partial charge in [0.25, 0.3) is 0 Å². The smallest absolute Gasteiger partial charge is 0.212 e. The first-order valence-corrected chi connectivity index (χ1v) is 7.97. The zero-order valence-corrected chi connectivity index (χ0v) is 12.1. The lowest BCUT2D eigenvalue weighted by molar-refractivity contribution is 0.181. The van der Waals surface area contributed by atoms with Gasteiger partial charge in [0, 0.05) is 25.8 Å². The van der Waals surface area contributed by atoms with Gasteiger partial charge in [-0.3, -0.25) is 0 Å². The monoisotopic (exact) mass is 279 g/mol. The molecular weight excluding hydrogens is 254 g/mol. The molecule has 1 aliphatic heterocycles. The van der Waals surface area contributed by atoms with Gasteiger partial charge in [0.15, 0.2) is 0 Å². The highest BCUT2D eigenvalue weighted by molar-refractivity contribution is 7.89. The van der Waals surface area contributed by atoms with Gasteiger partial charge in [0.2, 0.25) is 10.0 Å². The number of ether oxygens (including phenoxy) is 1. The Kier molecular flexibility index (Phi) is 6.00. The minimum absolute atomic E-state index is 0.0957. The Morgan fingerprint density at radius 2 is 2.00 bits per heavy atom. The van der Waals surface area contributed by atoms with Crippen LogP contribution in [0.4, 0.5) is 0 Å². The number of sulfonamides is 1. The lowest BCUT2D eigenvalue weighted by Gasteiger charge is -2.40. The van der Waals surface area contributed by atoms with Crippen LogP contribution in [0.2, 0.25) is 0 Å². The fourth-order valence-electron chi connectivity index (χ4n) is 2.17. The van der Waals surface area contributed by atoms with Crippen LogP contribution < -0.4 is 10.5 Å². The molecule has 1 saturated heterocycles. The molecule has 6 nitrogen and oxygen atoms in total. The molecule has 0 aliphatic carbocycles. The van der Waals surface area contributed by atoms with E-state index in [0.29, 0.717) is 19.6 Å². The van der Waals surface area contributed by atoms with Crippen molar-refractivity contribution in [2.45, 2.75) is 24.8 Å². The van der Waals surface area contributed by atoms with E-state index in [2.05, 4.69) is 9.62 Å². The van der Waals surface area contributed by atoms with Crippen molar-refractivity contribution < 1.29 is 13.2 Å². The number of likely N-dealkylation sites (tertiary alicyclic amines) is 1. The molecule has 0 atom stereocenters. The van der Waals surface area contributed by atoms with Crippen molar-refractivity contribution in [2.75, 3.05) is 46.2 Å². The molecule has 0 bridgehead atoms. The molecule has 1 fully saturated rings. The molecule has 0 aromatic heterocycles. The Hall–Kier alpha value is -0.210. The van der Waals surface area contributed by atoms with E-state index in [-0.39, 0.29) is 5.75 Å². The van der Waals surface area contributed by atoms with Gasteiger partial charge in [0.1, 0.15) is 0 Å². The summed E-state index contributed by atoms with van der Waals surface area (Å²) in [5, 5.41) is 0. The maximum absolute atomic E-state index is 12.0. The number of nitrogens with two attached hydrogens (primary N) is 1. The normalized spacial score (nSPS) is 21.1. The predicted octanol–water partition coefficient (Wildman–Crippen LogP) is -0.635. The highest BCUT2D eigenvalue weighted by Crippen LogP contribution is 2.21. The molecule has 3 N–H and O–H groups in total. The van der Waals surface area contributed by atoms with Gasteiger partial charge in [-0.05, 0) is 39.4 Å². The van der Waals surface area contributed by atoms with E-state index in [9.17, 15) is 8.42 Å². The van der Waals surface area contributed by atoms with Gasteiger partial charge in [-0.2, -0.15) is 0 Å². The van der Waals surface area contributed by atoms with Gasteiger partial charge >= 0.3 is 0 Å². The quantitative estimate of drug-likeness (QED) is 0.606. The third-order valence-corrected chi connectivity index (χ3v) is 5.04. The van der Waals surface area contributed by atoms with Crippen molar-refractivity contribution in [3.8, 4) is 0 Å². The Balaban J connectivity index is 2.56. The van der Waals surface area contributed by atoms with Gasteiger partial charge < -0.3 is 15.4 Å². The summed E-state index contributed by atoms with van der Waals surface area (Å²) >= 11 is 0. The average molecular weight is 279 g/mol. The number of piperidine rings is 1. The number of rotatable bonds is 7. The van der Waals surface area contributed by atoms with Gasteiger partial charge in [-0.25, -0.2) is 13.1 Å². The third-order valence-electron chi connectivity index (χ3n) is 3.47. The topological polar surface area (TPSA) is 84.7 Å². The fraction of sp³-hybridized carbons (Fsp3) is 1.00. The summed E-state index contributed by atoms with van der Waals surface area (Å²) < 4.78 is 31.6. The summed E-state index contributed by atoms with van der Waals surface area (Å²) in [6.07, 6.45) is 2.04. The van der Waals surface area contributed by atoms with E-state index in [1.807, 2.05) is 7.05 Å². The van der Waals surface area contributed by atoms with E-state index in [1.165, 1.54) is 0 Å². The molecule has 0 aromatic carbocycles. The minimum atomic E-state index is -3.27. The Morgan fingerprint density at radius 3 is 2.50 bits per heavy atom. The van der Waals surface area contributed by atoms with Gasteiger partial charge in [-0.15, -0.1) is 0 Å². The van der Waals surface area contributed by atoms with Crippen molar-refractivity contribution in [1.82, 2.24) is 9.62 Å². The fourth-order valence-corrected chi connectivity index (χ4v) is 3.72. The van der Waals surface area contributed by atoms with Gasteiger partial charge in [-0.1, -0.05) is 0 Å². The van der Waals surface area contributed by atoms with Crippen LogP contribution in [-0.4, -0.2) is 65.0 Å². The molecule has 0 aromatic rings. The summed E-state index contributed by atoms with van der Waals surface area (Å²) in [5.41, 5.74) is 5.32. The summed E-state index contributed by atoms with van der Waals surface area (Å²) in [6, 6.07) is 0. The number of hydrogen-bond acceptors (Lipinski definition) is 5. The van der Waals surface area contributed by atoms with Crippen molar-refractivity contribution in [2.24, 2.45) is 5.73 Å². The van der Waals surface area contributed by atoms with Crippen molar-refractivity contribution >= 4 is 10.0 Å². The summed E-state index contributed by atoms with van der Waals surface area (Å²) in [4.78, 5) is 2.19. The SMILES string of the molecule is COCCCS(=O)(=O)NC1(CN)CCN(C)CC1. The van der Waals surface area contributed by atoms with Crippen LogP contribution in [0.15, 0.2) is 0 Å². The average Bonchev–Trinajstić information content (AvgIpc) is 2.32. The molecule has 0 amide bonds. The molecule has 0 spiro atoms. The molecule has 7 heteroatoms. The molecular formula is C11H25N3O3S. The van der Waals surface area contributed by atoms with Crippen LogP contribution in [0.1, 0.15) is 19.3 Å². The van der Waals surface area contributed by atoms with E-state index < -0.39 is 15.6 Å². The van der Waals surface area contributed by atoms with Gasteiger partial charge in [0.05, 0.1) is 5.75 Å². The van der Waals surface area contributed by atoms with Crippen LogP contribution in [0.5, 0.6) is 0 Å². The number of methoxy groups -OCH3 is 1. The van der Waals surface area contributed by atoms with E-state index >= 15 is 0 Å². The highest BCUT2D eigenvalue weighted by Gasteiger charge is 2.35. The number of nitrogens with zero attached hydrogens (tertiary/aromatic N) is 1. The molecule has 1 rings (SSSR count). The Bertz CT molecular complexity index is 337. The zero-order chi connectivity index (χ0) is 13.6. The number of nitrogens with one attached hydrogen (secondary N) is 1. The summed E-state index contributed by atoms with van der Waals surface area (Å²) in [6.45, 7) is 2.55. The first kappa shape index (κ1) is 15.8. The maximum Gasteiger partial charge on any atom is 0.212 e. The van der Waals surface area contributed by atoms with Crippen LogP contribution >= 0.6 is 0 Å². The number of hydrogen-bond donors (Lipinski definition) is 2. The standard InChI is InChI=1S/C11H25N3O3S/c1-14-6-4-11(10-12,5-7-14)13-18(15,16)9-3-8-17-2/h13H,3-10,12H2,1-2H3. The second-order valence-electron chi connectivity index (χ2n) is 5.06. The zero-order valence-electron chi connectivity index (χ0n) is 11.3. The second-order valence-corrected chi connectivity index (χ2v) is 6.90. The van der Waals surface area contributed by atoms with Crippen LogP contribution in [0.3, 0.4) is 0 Å². The van der Waals surface area contributed by atoms with Crippen LogP contribution in [0, 0.1) is 0 Å². The summed E-state index contributed by atoms with van der Waals surface area (Å²) in [5.74, 6) is 0.0957. The first-order chi connectivity index (χ1) is 8.43. The van der Waals surface area contributed by atoms with E-state index in [0.717, 1.165) is 25.9 Å². The van der Waals surface area contributed by atoms with Crippen molar-refractivity contribution in [3.05, 3.63) is 0 Å². The minimum Gasteiger partial charge on any atom is -0.385 e. The van der Waals surface area contributed by atoms with Crippen molar-refractivity contribution in [3.63, 3.8) is 0 Å². The molecule has 108 valence electrons. The van der Waals surface area contributed by atoms with Crippen molar-refractivity contribution in [1.29, 1.82) is 0 Å². The molecule has 18 heavy (non-hydrogen) atoms. The Labute approximate surface area is 110 Å². The molecule has 0 unspecified atom stereocenters. The highest BCUT2D eigenvalue weighted by atomic mass is 32.2. The lowest BCUT2D eigenvalue weighted by Crippen LogP contribution is -2.59.